The molecular weight excluding hydrogens is 202 g/mol. The smallest absolute Gasteiger partial charge is 0.142 e. The number of hydrogen-bond donors (Lipinski definition) is 3. The molecule has 1 heterocycles. The highest BCUT2D eigenvalue weighted by Crippen LogP contribution is 2.10. The van der Waals surface area contributed by atoms with E-state index in [4.69, 9.17) is 5.84 Å². The van der Waals surface area contributed by atoms with Crippen LogP contribution in [0.3, 0.4) is 0 Å². The lowest BCUT2D eigenvalue weighted by Gasteiger charge is -2.17. The van der Waals surface area contributed by atoms with Crippen molar-refractivity contribution in [2.24, 2.45) is 5.84 Å². The summed E-state index contributed by atoms with van der Waals surface area (Å²) >= 11 is 0. The van der Waals surface area contributed by atoms with Gasteiger partial charge < -0.3 is 15.6 Å². The minimum absolute atomic E-state index is 0.392. The van der Waals surface area contributed by atoms with E-state index in [0.29, 0.717) is 11.9 Å². The van der Waals surface area contributed by atoms with E-state index in [-0.39, 0.29) is 0 Å². The van der Waals surface area contributed by atoms with Crippen LogP contribution in [0.25, 0.3) is 0 Å². The summed E-state index contributed by atoms with van der Waals surface area (Å²) in [5.74, 6) is 6.82. The molecule has 5 nitrogen and oxygen atoms in total. The molecule has 1 aromatic heterocycles. The summed E-state index contributed by atoms with van der Waals surface area (Å²) in [6.07, 6.45) is 1.08. The third-order valence-corrected chi connectivity index (χ3v) is 2.30. The number of pyridine rings is 1. The van der Waals surface area contributed by atoms with Crippen molar-refractivity contribution in [1.82, 2.24) is 9.88 Å². The first-order valence-corrected chi connectivity index (χ1v) is 5.46. The van der Waals surface area contributed by atoms with Gasteiger partial charge in [-0.05, 0) is 46.1 Å². The molecule has 0 aliphatic carbocycles. The normalized spacial score (nSPS) is 12.6. The number of aromatic nitrogens is 1. The Morgan fingerprint density at radius 3 is 2.69 bits per heavy atom. The van der Waals surface area contributed by atoms with Crippen LogP contribution in [-0.2, 0) is 0 Å². The molecule has 0 aliphatic rings. The number of rotatable bonds is 6. The van der Waals surface area contributed by atoms with Crippen LogP contribution in [0.15, 0.2) is 18.2 Å². The van der Waals surface area contributed by atoms with Crippen molar-refractivity contribution in [1.29, 1.82) is 0 Å². The number of hydrogen-bond acceptors (Lipinski definition) is 5. The third-order valence-electron chi connectivity index (χ3n) is 2.30. The van der Waals surface area contributed by atoms with Gasteiger partial charge in [-0.25, -0.2) is 10.8 Å². The fraction of sp³-hybridized carbons (Fsp3) is 0.545. The Kier molecular flexibility index (Phi) is 5.01. The number of hydrazine groups is 1. The van der Waals surface area contributed by atoms with E-state index in [2.05, 4.69) is 41.6 Å². The largest absolute Gasteiger partial charge is 0.367 e. The maximum Gasteiger partial charge on any atom is 0.142 e. The SMILES string of the molecule is CC(CCN(C)C)Nc1cccc(NN)n1. The second-order valence-corrected chi connectivity index (χ2v) is 4.19. The Morgan fingerprint density at radius 1 is 1.38 bits per heavy atom. The quantitative estimate of drug-likeness (QED) is 0.498. The number of anilines is 2. The molecule has 1 atom stereocenters. The molecule has 5 heteroatoms. The summed E-state index contributed by atoms with van der Waals surface area (Å²) in [7, 11) is 4.15. The molecule has 0 aromatic carbocycles. The molecule has 1 unspecified atom stereocenters. The molecule has 0 saturated carbocycles. The summed E-state index contributed by atoms with van der Waals surface area (Å²) in [6.45, 7) is 3.21. The van der Waals surface area contributed by atoms with Gasteiger partial charge >= 0.3 is 0 Å². The van der Waals surface area contributed by atoms with Gasteiger partial charge in [-0.2, -0.15) is 0 Å². The first-order valence-electron chi connectivity index (χ1n) is 5.46. The van der Waals surface area contributed by atoms with Crippen molar-refractivity contribution in [3.8, 4) is 0 Å². The molecule has 1 rings (SSSR count). The fourth-order valence-corrected chi connectivity index (χ4v) is 1.37. The Hall–Kier alpha value is -1.33. The topological polar surface area (TPSA) is 66.2 Å². The standard InChI is InChI=1S/C11H21N5/c1-9(7-8-16(2)3)13-10-5-4-6-11(14-10)15-12/h4-6,9H,7-8,12H2,1-3H3,(H2,13,14,15). The van der Waals surface area contributed by atoms with Crippen molar-refractivity contribution in [2.45, 2.75) is 19.4 Å². The molecular formula is C11H21N5. The first-order chi connectivity index (χ1) is 7.61. The van der Waals surface area contributed by atoms with E-state index < -0.39 is 0 Å². The number of nitrogen functional groups attached to an aromatic ring is 1. The highest BCUT2D eigenvalue weighted by atomic mass is 15.3. The van der Waals surface area contributed by atoms with Crippen LogP contribution in [0.4, 0.5) is 11.6 Å². The summed E-state index contributed by atoms with van der Waals surface area (Å²) in [4.78, 5) is 6.47. The van der Waals surface area contributed by atoms with Crippen molar-refractivity contribution < 1.29 is 0 Å². The van der Waals surface area contributed by atoms with Gasteiger partial charge in [0.25, 0.3) is 0 Å². The maximum absolute atomic E-state index is 5.30. The zero-order valence-electron chi connectivity index (χ0n) is 10.2. The van der Waals surface area contributed by atoms with Crippen molar-refractivity contribution >= 4 is 11.6 Å². The van der Waals surface area contributed by atoms with Crippen molar-refractivity contribution in [3.05, 3.63) is 18.2 Å². The van der Waals surface area contributed by atoms with Crippen LogP contribution < -0.4 is 16.6 Å². The van der Waals surface area contributed by atoms with Crippen molar-refractivity contribution in [3.63, 3.8) is 0 Å². The predicted octanol–water partition coefficient (Wildman–Crippen LogP) is 1.12. The fourth-order valence-electron chi connectivity index (χ4n) is 1.37. The average Bonchev–Trinajstić information content (AvgIpc) is 2.26. The molecule has 0 aliphatic heterocycles. The second kappa shape index (κ2) is 6.30. The summed E-state index contributed by atoms with van der Waals surface area (Å²) in [5, 5.41) is 3.34. The van der Waals surface area contributed by atoms with E-state index in [9.17, 15) is 0 Å². The molecule has 0 amide bonds. The van der Waals surface area contributed by atoms with Gasteiger partial charge in [0.1, 0.15) is 11.6 Å². The molecule has 4 N–H and O–H groups in total. The predicted molar refractivity (Wildman–Crippen MR) is 68.3 cm³/mol. The van der Waals surface area contributed by atoms with Crippen LogP contribution >= 0.6 is 0 Å². The van der Waals surface area contributed by atoms with Crippen LogP contribution in [0.1, 0.15) is 13.3 Å². The zero-order valence-corrected chi connectivity index (χ0v) is 10.2. The van der Waals surface area contributed by atoms with Gasteiger partial charge in [0.05, 0.1) is 0 Å². The highest BCUT2D eigenvalue weighted by Gasteiger charge is 2.03. The van der Waals surface area contributed by atoms with Gasteiger partial charge in [-0.1, -0.05) is 6.07 Å². The average molecular weight is 223 g/mol. The Balaban J connectivity index is 2.45. The van der Waals surface area contributed by atoms with Gasteiger partial charge in [0.15, 0.2) is 0 Å². The van der Waals surface area contributed by atoms with E-state index in [1.54, 1.807) is 0 Å². The molecule has 1 aromatic rings. The van der Waals surface area contributed by atoms with Gasteiger partial charge in [0.2, 0.25) is 0 Å². The van der Waals surface area contributed by atoms with Crippen LogP contribution in [0.5, 0.6) is 0 Å². The van der Waals surface area contributed by atoms with E-state index in [1.165, 1.54) is 0 Å². The monoisotopic (exact) mass is 223 g/mol. The molecule has 0 saturated heterocycles. The Morgan fingerprint density at radius 2 is 2.06 bits per heavy atom. The lowest BCUT2D eigenvalue weighted by molar-refractivity contribution is 0.390. The lowest BCUT2D eigenvalue weighted by Crippen LogP contribution is -2.23. The molecule has 90 valence electrons. The zero-order chi connectivity index (χ0) is 12.0. The maximum atomic E-state index is 5.30. The lowest BCUT2D eigenvalue weighted by atomic mass is 10.2. The Labute approximate surface area is 97.0 Å². The van der Waals surface area contributed by atoms with E-state index in [0.717, 1.165) is 18.8 Å². The van der Waals surface area contributed by atoms with Gasteiger partial charge in [0, 0.05) is 6.04 Å². The molecule has 0 fully saturated rings. The molecule has 0 bridgehead atoms. The summed E-state index contributed by atoms with van der Waals surface area (Å²) in [6, 6.07) is 6.08. The third kappa shape index (κ3) is 4.46. The van der Waals surface area contributed by atoms with E-state index in [1.807, 2.05) is 18.2 Å². The molecule has 0 spiro atoms. The first kappa shape index (κ1) is 12.7. The summed E-state index contributed by atoms with van der Waals surface area (Å²) in [5.41, 5.74) is 2.53. The number of nitrogens with one attached hydrogen (secondary N) is 2. The van der Waals surface area contributed by atoms with Crippen LogP contribution in [0.2, 0.25) is 0 Å². The molecule has 0 radical (unpaired) electrons. The van der Waals surface area contributed by atoms with E-state index >= 15 is 0 Å². The minimum atomic E-state index is 0.392. The number of nitrogens with two attached hydrogens (primary N) is 1. The second-order valence-electron chi connectivity index (χ2n) is 4.19. The van der Waals surface area contributed by atoms with Crippen LogP contribution in [0, 0.1) is 0 Å². The summed E-state index contributed by atoms with van der Waals surface area (Å²) < 4.78 is 0. The highest BCUT2D eigenvalue weighted by molar-refractivity contribution is 5.44. The minimum Gasteiger partial charge on any atom is -0.367 e. The molecule has 16 heavy (non-hydrogen) atoms. The van der Waals surface area contributed by atoms with Gasteiger partial charge in [-0.15, -0.1) is 0 Å². The Bertz CT molecular complexity index is 313. The van der Waals surface area contributed by atoms with Crippen molar-refractivity contribution in [2.75, 3.05) is 31.4 Å². The van der Waals surface area contributed by atoms with Crippen LogP contribution in [-0.4, -0.2) is 36.6 Å². The van der Waals surface area contributed by atoms with Gasteiger partial charge in [-0.3, -0.25) is 0 Å². The number of nitrogens with zero attached hydrogens (tertiary/aromatic N) is 2.